The van der Waals surface area contributed by atoms with Crippen LogP contribution in [-0.2, 0) is 4.74 Å². The molecule has 24 heavy (non-hydrogen) atoms. The van der Waals surface area contributed by atoms with Crippen LogP contribution < -0.4 is 5.32 Å². The van der Waals surface area contributed by atoms with E-state index in [4.69, 9.17) is 0 Å². The number of benzene rings is 2. The molecule has 0 bridgehead atoms. The molecule has 0 radical (unpaired) electrons. The van der Waals surface area contributed by atoms with Gasteiger partial charge in [-0.05, 0) is 18.6 Å². The van der Waals surface area contributed by atoms with Crippen LogP contribution in [0.3, 0.4) is 0 Å². The van der Waals surface area contributed by atoms with Crippen LogP contribution in [0.25, 0.3) is 11.1 Å². The van der Waals surface area contributed by atoms with Gasteiger partial charge in [0.2, 0.25) is 0 Å². The summed E-state index contributed by atoms with van der Waals surface area (Å²) in [4.78, 5) is 15.8. The molecule has 0 saturated heterocycles. The normalized spacial score (nSPS) is 9.92. The number of aromatic nitrogens is 1. The number of anilines is 2. The standard InChI is InChI=1S/C18H16N2O2S.BrH/c1-12-7-9-13(10-8-12)14-5-3-4-6-15(14)19-18-20-16(11-23-18)17(21)22-2;/h3-11H,1-2H3,(H,19,20);1H. The maximum atomic E-state index is 11.5. The fourth-order valence-corrected chi connectivity index (χ4v) is 2.91. The molecule has 0 spiro atoms. The molecule has 4 nitrogen and oxygen atoms in total. The van der Waals surface area contributed by atoms with Gasteiger partial charge >= 0.3 is 5.97 Å². The number of nitrogens with zero attached hydrogens (tertiary/aromatic N) is 1. The Hall–Kier alpha value is -2.18. The Kier molecular flexibility index (Phi) is 6.11. The van der Waals surface area contributed by atoms with Crippen molar-refractivity contribution in [2.45, 2.75) is 6.92 Å². The van der Waals surface area contributed by atoms with Crippen LogP contribution in [0.4, 0.5) is 10.8 Å². The Morgan fingerprint density at radius 2 is 1.83 bits per heavy atom. The summed E-state index contributed by atoms with van der Waals surface area (Å²) in [6.07, 6.45) is 0. The number of esters is 1. The largest absolute Gasteiger partial charge is 0.464 e. The van der Waals surface area contributed by atoms with Gasteiger partial charge in [0.25, 0.3) is 0 Å². The fourth-order valence-electron chi connectivity index (χ4n) is 2.22. The van der Waals surface area contributed by atoms with Crippen molar-refractivity contribution in [1.29, 1.82) is 0 Å². The summed E-state index contributed by atoms with van der Waals surface area (Å²) in [6.45, 7) is 2.07. The number of nitrogens with one attached hydrogen (secondary N) is 1. The number of rotatable bonds is 4. The average molecular weight is 405 g/mol. The van der Waals surface area contributed by atoms with Crippen LogP contribution in [0.5, 0.6) is 0 Å². The maximum Gasteiger partial charge on any atom is 0.357 e. The number of para-hydroxylation sites is 1. The molecule has 1 N–H and O–H groups in total. The van der Waals surface area contributed by atoms with Crippen molar-refractivity contribution in [3.8, 4) is 11.1 Å². The van der Waals surface area contributed by atoms with Gasteiger partial charge < -0.3 is 10.1 Å². The zero-order valence-electron chi connectivity index (χ0n) is 13.3. The smallest absolute Gasteiger partial charge is 0.357 e. The van der Waals surface area contributed by atoms with Gasteiger partial charge in [-0.2, -0.15) is 0 Å². The van der Waals surface area contributed by atoms with Gasteiger partial charge in [-0.3, -0.25) is 0 Å². The highest BCUT2D eigenvalue weighted by molar-refractivity contribution is 8.93. The Balaban J connectivity index is 0.00000208. The highest BCUT2D eigenvalue weighted by Crippen LogP contribution is 2.31. The lowest BCUT2D eigenvalue weighted by Crippen LogP contribution is -2.01. The van der Waals surface area contributed by atoms with Gasteiger partial charge in [0.05, 0.1) is 7.11 Å². The lowest BCUT2D eigenvalue weighted by atomic mass is 10.0. The lowest BCUT2D eigenvalue weighted by molar-refractivity contribution is 0.0595. The van der Waals surface area contributed by atoms with Gasteiger partial charge in [-0.25, -0.2) is 9.78 Å². The maximum absolute atomic E-state index is 11.5. The van der Waals surface area contributed by atoms with E-state index in [2.05, 4.69) is 52.3 Å². The van der Waals surface area contributed by atoms with Crippen molar-refractivity contribution in [2.24, 2.45) is 0 Å². The molecule has 0 aliphatic carbocycles. The number of aryl methyl sites for hydroxylation is 1. The molecule has 3 rings (SSSR count). The molecule has 0 amide bonds. The first-order chi connectivity index (χ1) is 11.2. The van der Waals surface area contributed by atoms with Crippen molar-refractivity contribution in [3.63, 3.8) is 0 Å². The van der Waals surface area contributed by atoms with Gasteiger partial charge in [0.15, 0.2) is 10.8 Å². The minimum atomic E-state index is -0.430. The monoisotopic (exact) mass is 404 g/mol. The van der Waals surface area contributed by atoms with Crippen LogP contribution in [-0.4, -0.2) is 18.1 Å². The molecular weight excluding hydrogens is 388 g/mol. The predicted molar refractivity (Wildman–Crippen MR) is 104 cm³/mol. The third-order valence-corrected chi connectivity index (χ3v) is 4.19. The van der Waals surface area contributed by atoms with Crippen molar-refractivity contribution in [2.75, 3.05) is 12.4 Å². The van der Waals surface area contributed by atoms with E-state index in [1.807, 2.05) is 18.2 Å². The molecule has 6 heteroatoms. The van der Waals surface area contributed by atoms with Crippen molar-refractivity contribution in [3.05, 3.63) is 65.2 Å². The quantitative estimate of drug-likeness (QED) is 0.605. The minimum absolute atomic E-state index is 0. The van der Waals surface area contributed by atoms with E-state index in [1.165, 1.54) is 24.0 Å². The van der Waals surface area contributed by atoms with Gasteiger partial charge in [0, 0.05) is 16.6 Å². The number of hydrogen-bond acceptors (Lipinski definition) is 5. The van der Waals surface area contributed by atoms with E-state index in [0.29, 0.717) is 10.8 Å². The van der Waals surface area contributed by atoms with Crippen molar-refractivity contribution >= 4 is 45.1 Å². The second-order valence-electron chi connectivity index (χ2n) is 5.07. The molecule has 2 aromatic carbocycles. The third-order valence-electron chi connectivity index (χ3n) is 3.43. The fraction of sp³-hybridized carbons (Fsp3) is 0.111. The second kappa shape index (κ2) is 8.08. The lowest BCUT2D eigenvalue weighted by Gasteiger charge is -2.10. The van der Waals surface area contributed by atoms with Crippen LogP contribution in [0.2, 0.25) is 0 Å². The molecular formula is C18H17BrN2O2S. The second-order valence-corrected chi connectivity index (χ2v) is 5.92. The molecule has 1 aromatic heterocycles. The zero-order chi connectivity index (χ0) is 16.2. The van der Waals surface area contributed by atoms with E-state index in [-0.39, 0.29) is 17.0 Å². The average Bonchev–Trinajstić information content (AvgIpc) is 3.04. The first kappa shape index (κ1) is 18.2. The predicted octanol–water partition coefficient (Wildman–Crippen LogP) is 5.23. The Morgan fingerprint density at radius 3 is 2.54 bits per heavy atom. The Labute approximate surface area is 155 Å². The highest BCUT2D eigenvalue weighted by Gasteiger charge is 2.12. The third kappa shape index (κ3) is 4.01. The number of carbonyl (C=O) groups excluding carboxylic acids is 1. The van der Waals surface area contributed by atoms with Gasteiger partial charge in [-0.15, -0.1) is 28.3 Å². The van der Waals surface area contributed by atoms with Crippen molar-refractivity contribution in [1.82, 2.24) is 4.98 Å². The van der Waals surface area contributed by atoms with E-state index in [0.717, 1.165) is 16.8 Å². The summed E-state index contributed by atoms with van der Waals surface area (Å²) < 4.78 is 4.68. The zero-order valence-corrected chi connectivity index (χ0v) is 15.8. The molecule has 0 aliphatic rings. The van der Waals surface area contributed by atoms with E-state index < -0.39 is 5.97 Å². The summed E-state index contributed by atoms with van der Waals surface area (Å²) >= 11 is 1.37. The minimum Gasteiger partial charge on any atom is -0.464 e. The van der Waals surface area contributed by atoms with Crippen LogP contribution in [0.1, 0.15) is 16.1 Å². The first-order valence-corrected chi connectivity index (χ1v) is 8.02. The van der Waals surface area contributed by atoms with Gasteiger partial charge in [-0.1, -0.05) is 48.0 Å². The molecule has 0 saturated carbocycles. The summed E-state index contributed by atoms with van der Waals surface area (Å²) in [5.74, 6) is -0.430. The molecule has 0 aliphatic heterocycles. The number of hydrogen-bond donors (Lipinski definition) is 1. The van der Waals surface area contributed by atoms with E-state index in [1.54, 1.807) is 5.38 Å². The summed E-state index contributed by atoms with van der Waals surface area (Å²) in [6, 6.07) is 16.4. The van der Waals surface area contributed by atoms with Crippen molar-refractivity contribution < 1.29 is 9.53 Å². The van der Waals surface area contributed by atoms with Crippen LogP contribution in [0.15, 0.2) is 53.9 Å². The van der Waals surface area contributed by atoms with Crippen LogP contribution in [0, 0.1) is 6.92 Å². The van der Waals surface area contributed by atoms with E-state index in [9.17, 15) is 4.79 Å². The number of thiazole rings is 1. The van der Waals surface area contributed by atoms with Gasteiger partial charge in [0.1, 0.15) is 0 Å². The van der Waals surface area contributed by atoms with Crippen LogP contribution >= 0.6 is 28.3 Å². The molecule has 124 valence electrons. The molecule has 1 heterocycles. The Morgan fingerprint density at radius 1 is 1.12 bits per heavy atom. The summed E-state index contributed by atoms with van der Waals surface area (Å²) in [5.41, 5.74) is 4.70. The molecule has 3 aromatic rings. The van der Waals surface area contributed by atoms with E-state index >= 15 is 0 Å². The Bertz CT molecular complexity index is 831. The number of ether oxygens (including phenoxy) is 1. The number of methoxy groups -OCH3 is 1. The molecule has 0 unspecified atom stereocenters. The first-order valence-electron chi connectivity index (χ1n) is 7.14. The number of carbonyl (C=O) groups is 1. The molecule has 0 atom stereocenters. The SMILES string of the molecule is Br.COC(=O)c1csc(Nc2ccccc2-c2ccc(C)cc2)n1. The topological polar surface area (TPSA) is 51.2 Å². The molecule has 0 fully saturated rings. The number of halogens is 1. The highest BCUT2D eigenvalue weighted by atomic mass is 79.9. The summed E-state index contributed by atoms with van der Waals surface area (Å²) in [7, 11) is 1.35. The summed E-state index contributed by atoms with van der Waals surface area (Å²) in [5, 5.41) is 5.63.